The molecule has 18 heavy (non-hydrogen) atoms. The Morgan fingerprint density at radius 2 is 1.39 bits per heavy atom. The molecule has 0 bridgehead atoms. The molecular weight excluding hydrogens is 248 g/mol. The molecule has 0 heterocycles. The van der Waals surface area contributed by atoms with E-state index in [-0.39, 0.29) is 21.7 Å². The summed E-state index contributed by atoms with van der Waals surface area (Å²) in [6.07, 6.45) is 0. The van der Waals surface area contributed by atoms with Crippen molar-refractivity contribution < 1.29 is 14.3 Å². The molecule has 2 atom stereocenters. The van der Waals surface area contributed by atoms with Crippen molar-refractivity contribution in [2.75, 3.05) is 0 Å². The third kappa shape index (κ3) is 7.04. The molecule has 0 N–H and O–H groups in total. The van der Waals surface area contributed by atoms with E-state index < -0.39 is 11.5 Å². The van der Waals surface area contributed by atoms with Gasteiger partial charge in [-0.05, 0) is 20.8 Å². The smallest absolute Gasteiger partial charge is 0.309 e. The van der Waals surface area contributed by atoms with Crippen LogP contribution in [0.5, 0.6) is 0 Å². The summed E-state index contributed by atoms with van der Waals surface area (Å²) in [7, 11) is 0. The molecule has 2 unspecified atom stereocenters. The van der Waals surface area contributed by atoms with Crippen molar-refractivity contribution in [2.24, 2.45) is 11.8 Å². The molecule has 0 rings (SSSR count). The van der Waals surface area contributed by atoms with Crippen LogP contribution < -0.4 is 0 Å². The zero-order chi connectivity index (χ0) is 14.7. The lowest BCUT2D eigenvalue weighted by atomic mass is 9.97. The van der Waals surface area contributed by atoms with Gasteiger partial charge in [0.1, 0.15) is 5.60 Å². The lowest BCUT2D eigenvalue weighted by Crippen LogP contribution is -2.33. The average Bonchev–Trinajstić information content (AvgIpc) is 2.09. The van der Waals surface area contributed by atoms with Crippen LogP contribution in [0.15, 0.2) is 0 Å². The number of hydrogen-bond acceptors (Lipinski definition) is 4. The highest BCUT2D eigenvalue weighted by molar-refractivity contribution is 8.14. The Hall–Kier alpha value is -0.510. The number of hydrogen-bond donors (Lipinski definition) is 0. The van der Waals surface area contributed by atoms with Crippen molar-refractivity contribution in [1.82, 2.24) is 0 Å². The zero-order valence-corrected chi connectivity index (χ0v) is 13.6. The molecule has 0 aromatic carbocycles. The Morgan fingerprint density at radius 1 is 0.944 bits per heavy atom. The predicted molar refractivity (Wildman–Crippen MR) is 76.5 cm³/mol. The van der Waals surface area contributed by atoms with Gasteiger partial charge in [0, 0.05) is 10.7 Å². The highest BCUT2D eigenvalue weighted by atomic mass is 32.2. The summed E-state index contributed by atoms with van der Waals surface area (Å²) in [6.45, 7) is 15.0. The van der Waals surface area contributed by atoms with Gasteiger partial charge in [0.25, 0.3) is 0 Å². The van der Waals surface area contributed by atoms with Crippen LogP contribution in [-0.4, -0.2) is 21.4 Å². The number of carbonyl (C=O) groups is 2. The van der Waals surface area contributed by atoms with Crippen LogP contribution in [0.4, 0.5) is 0 Å². The SMILES string of the molecule is CC(C(=O)OC(C)(C)C)C(C)C(=O)SC(C)(C)C. The van der Waals surface area contributed by atoms with Crippen molar-refractivity contribution in [3.05, 3.63) is 0 Å². The van der Waals surface area contributed by atoms with E-state index in [2.05, 4.69) is 0 Å². The molecule has 0 saturated heterocycles. The first-order valence-electron chi connectivity index (χ1n) is 6.29. The summed E-state index contributed by atoms with van der Waals surface area (Å²) in [5.74, 6) is -1.05. The third-order valence-electron chi connectivity index (χ3n) is 2.31. The summed E-state index contributed by atoms with van der Waals surface area (Å²) in [4.78, 5) is 23.9. The summed E-state index contributed by atoms with van der Waals surface area (Å²) >= 11 is 1.28. The topological polar surface area (TPSA) is 43.4 Å². The zero-order valence-electron chi connectivity index (χ0n) is 12.8. The standard InChI is InChI=1S/C14H26O3S/c1-9(11(15)17-13(3,4)5)10(2)12(16)18-14(6,7)8/h9-10H,1-8H3. The van der Waals surface area contributed by atoms with Gasteiger partial charge in [0.15, 0.2) is 5.12 Å². The second-order valence-electron chi connectivity index (χ2n) is 6.64. The molecule has 0 radical (unpaired) electrons. The fourth-order valence-corrected chi connectivity index (χ4v) is 2.19. The van der Waals surface area contributed by atoms with E-state index in [1.54, 1.807) is 13.8 Å². The average molecular weight is 274 g/mol. The Balaban J connectivity index is 4.55. The molecule has 0 amide bonds. The van der Waals surface area contributed by atoms with Gasteiger partial charge >= 0.3 is 5.97 Å². The predicted octanol–water partition coefficient (Wildman–Crippen LogP) is 3.66. The van der Waals surface area contributed by atoms with Crippen LogP contribution in [0.1, 0.15) is 55.4 Å². The molecule has 0 aromatic heterocycles. The van der Waals surface area contributed by atoms with E-state index in [4.69, 9.17) is 4.74 Å². The van der Waals surface area contributed by atoms with Gasteiger partial charge in [-0.15, -0.1) is 0 Å². The molecular formula is C14H26O3S. The van der Waals surface area contributed by atoms with Crippen molar-refractivity contribution in [3.63, 3.8) is 0 Å². The molecule has 0 aliphatic rings. The van der Waals surface area contributed by atoms with Crippen molar-refractivity contribution in [1.29, 1.82) is 0 Å². The minimum atomic E-state index is -0.509. The first-order valence-corrected chi connectivity index (χ1v) is 7.11. The summed E-state index contributed by atoms with van der Waals surface area (Å²) in [6, 6.07) is 0. The van der Waals surface area contributed by atoms with Crippen LogP contribution in [0, 0.1) is 11.8 Å². The van der Waals surface area contributed by atoms with Crippen LogP contribution in [0.2, 0.25) is 0 Å². The van der Waals surface area contributed by atoms with Gasteiger partial charge in [0.05, 0.1) is 5.92 Å². The second kappa shape index (κ2) is 6.09. The number of thioether (sulfide) groups is 1. The Labute approximate surface area is 115 Å². The molecule has 3 nitrogen and oxygen atoms in total. The van der Waals surface area contributed by atoms with E-state index in [0.717, 1.165) is 0 Å². The van der Waals surface area contributed by atoms with Gasteiger partial charge in [0.2, 0.25) is 0 Å². The Morgan fingerprint density at radius 3 is 1.72 bits per heavy atom. The molecule has 0 fully saturated rings. The Bertz CT molecular complexity index is 278. The van der Waals surface area contributed by atoms with Crippen molar-refractivity contribution in [3.8, 4) is 0 Å². The monoisotopic (exact) mass is 274 g/mol. The van der Waals surface area contributed by atoms with Gasteiger partial charge < -0.3 is 4.74 Å². The quantitative estimate of drug-likeness (QED) is 0.737. The number of ether oxygens (including phenoxy) is 1. The molecule has 0 spiro atoms. The number of esters is 1. The van der Waals surface area contributed by atoms with E-state index in [1.165, 1.54) is 11.8 Å². The minimum Gasteiger partial charge on any atom is -0.460 e. The highest BCUT2D eigenvalue weighted by Gasteiger charge is 2.32. The number of rotatable bonds is 3. The highest BCUT2D eigenvalue weighted by Crippen LogP contribution is 2.30. The minimum absolute atomic E-state index is 0.0425. The van der Waals surface area contributed by atoms with Crippen LogP contribution >= 0.6 is 11.8 Å². The Kier molecular flexibility index (Phi) is 5.92. The number of carbonyl (C=O) groups excluding carboxylic acids is 2. The largest absolute Gasteiger partial charge is 0.460 e. The van der Waals surface area contributed by atoms with Crippen LogP contribution in [-0.2, 0) is 14.3 Å². The lowest BCUT2D eigenvalue weighted by molar-refractivity contribution is -0.161. The second-order valence-corrected chi connectivity index (χ2v) is 8.48. The summed E-state index contributed by atoms with van der Waals surface area (Å²) < 4.78 is 5.17. The van der Waals surface area contributed by atoms with Gasteiger partial charge in [-0.1, -0.05) is 46.4 Å². The summed E-state index contributed by atoms with van der Waals surface area (Å²) in [5, 5.41) is 0.0425. The van der Waals surface area contributed by atoms with Crippen molar-refractivity contribution in [2.45, 2.75) is 65.7 Å². The van der Waals surface area contributed by atoms with Crippen LogP contribution in [0.3, 0.4) is 0 Å². The van der Waals surface area contributed by atoms with E-state index >= 15 is 0 Å². The van der Waals surface area contributed by atoms with E-state index in [9.17, 15) is 9.59 Å². The fourth-order valence-electron chi connectivity index (χ4n) is 1.20. The molecule has 106 valence electrons. The summed E-state index contributed by atoms with van der Waals surface area (Å²) in [5.41, 5.74) is -0.509. The van der Waals surface area contributed by atoms with Crippen LogP contribution in [0.25, 0.3) is 0 Å². The molecule has 0 aliphatic carbocycles. The molecule has 4 heteroatoms. The first kappa shape index (κ1) is 17.5. The lowest BCUT2D eigenvalue weighted by Gasteiger charge is -2.26. The normalized spacial score (nSPS) is 16.0. The van der Waals surface area contributed by atoms with E-state index in [0.29, 0.717) is 0 Å². The van der Waals surface area contributed by atoms with Crippen molar-refractivity contribution >= 4 is 22.8 Å². The fraction of sp³-hybridized carbons (Fsp3) is 0.857. The third-order valence-corrected chi connectivity index (χ3v) is 3.49. The molecule has 0 aromatic rings. The van der Waals surface area contributed by atoms with Gasteiger partial charge in [-0.2, -0.15) is 0 Å². The van der Waals surface area contributed by atoms with Gasteiger partial charge in [-0.25, -0.2) is 0 Å². The molecule has 0 aliphatic heterocycles. The maximum atomic E-state index is 12.0. The maximum absolute atomic E-state index is 12.0. The maximum Gasteiger partial charge on any atom is 0.309 e. The molecule has 0 saturated carbocycles. The van der Waals surface area contributed by atoms with Gasteiger partial charge in [-0.3, -0.25) is 9.59 Å². The van der Waals surface area contributed by atoms with E-state index in [1.807, 2.05) is 41.5 Å². The first-order chi connectivity index (χ1) is 7.83.